The molecule has 0 aromatic heterocycles. The molecule has 1 atom stereocenters. The highest BCUT2D eigenvalue weighted by molar-refractivity contribution is 7.99. The third-order valence-electron chi connectivity index (χ3n) is 2.53. The minimum absolute atomic E-state index is 0. The van der Waals surface area contributed by atoms with Crippen molar-refractivity contribution in [2.75, 3.05) is 12.3 Å². The number of fused-ring (bicyclic) bond motifs is 1. The molecule has 0 radical (unpaired) electrons. The summed E-state index contributed by atoms with van der Waals surface area (Å²) in [6.07, 6.45) is 0.812. The van der Waals surface area contributed by atoms with Gasteiger partial charge in [0, 0.05) is 10.6 Å². The average Bonchev–Trinajstić information content (AvgIpc) is 2.29. The largest absolute Gasteiger partial charge is 0.348 e. The van der Waals surface area contributed by atoms with E-state index in [-0.39, 0.29) is 36.7 Å². The van der Waals surface area contributed by atoms with E-state index in [1.807, 2.05) is 0 Å². The van der Waals surface area contributed by atoms with Crippen molar-refractivity contribution in [2.24, 2.45) is 5.73 Å². The quantitative estimate of drug-likeness (QED) is 0.867. The summed E-state index contributed by atoms with van der Waals surface area (Å²) in [5, 5.41) is 2.81. The van der Waals surface area contributed by atoms with Gasteiger partial charge < -0.3 is 11.1 Å². The van der Waals surface area contributed by atoms with Gasteiger partial charge in [-0.3, -0.25) is 4.79 Å². The van der Waals surface area contributed by atoms with E-state index in [0.717, 1.165) is 22.6 Å². The summed E-state index contributed by atoms with van der Waals surface area (Å²) >= 11 is 1.69. The zero-order valence-corrected chi connectivity index (χ0v) is 10.7. The molecule has 1 aromatic rings. The van der Waals surface area contributed by atoms with Crippen molar-refractivity contribution in [1.29, 1.82) is 0 Å². The van der Waals surface area contributed by atoms with Crippen LogP contribution in [0.25, 0.3) is 0 Å². The van der Waals surface area contributed by atoms with Crippen molar-refractivity contribution in [2.45, 2.75) is 17.4 Å². The number of thioether (sulfide) groups is 1. The van der Waals surface area contributed by atoms with Crippen LogP contribution in [0.3, 0.4) is 0 Å². The fourth-order valence-corrected chi connectivity index (χ4v) is 2.87. The van der Waals surface area contributed by atoms with E-state index in [1.54, 1.807) is 17.8 Å². The molecule has 1 unspecified atom stereocenters. The minimum Gasteiger partial charge on any atom is -0.348 e. The van der Waals surface area contributed by atoms with Crippen LogP contribution in [0.5, 0.6) is 0 Å². The number of nitrogens with two attached hydrogens (primary N) is 1. The summed E-state index contributed by atoms with van der Waals surface area (Å²) in [7, 11) is 0. The standard InChI is InChI=1S/C11H13FN2OS.ClH/c12-7-1-2-10-8(5-7)9(3-4-16-10)14-11(15)6-13;/h1-2,5,9H,3-4,6,13H2,(H,14,15);1H. The van der Waals surface area contributed by atoms with E-state index < -0.39 is 0 Å². The molecule has 0 aliphatic carbocycles. The van der Waals surface area contributed by atoms with Gasteiger partial charge in [0.1, 0.15) is 5.82 Å². The maximum Gasteiger partial charge on any atom is 0.234 e. The number of halogens is 2. The van der Waals surface area contributed by atoms with E-state index in [1.165, 1.54) is 12.1 Å². The summed E-state index contributed by atoms with van der Waals surface area (Å²) in [6.45, 7) is -0.0334. The van der Waals surface area contributed by atoms with Gasteiger partial charge in [-0.2, -0.15) is 0 Å². The van der Waals surface area contributed by atoms with Crippen molar-refractivity contribution < 1.29 is 9.18 Å². The Morgan fingerprint density at radius 3 is 3.06 bits per heavy atom. The minimum atomic E-state index is -0.270. The van der Waals surface area contributed by atoms with Crippen LogP contribution in [0.4, 0.5) is 4.39 Å². The molecule has 0 spiro atoms. The Bertz CT molecular complexity index is 416. The normalized spacial score (nSPS) is 17.9. The Morgan fingerprint density at radius 1 is 1.59 bits per heavy atom. The van der Waals surface area contributed by atoms with Crippen LogP contribution in [-0.2, 0) is 4.79 Å². The maximum atomic E-state index is 13.1. The van der Waals surface area contributed by atoms with Gasteiger partial charge >= 0.3 is 0 Å². The first-order chi connectivity index (χ1) is 7.70. The molecule has 1 aromatic carbocycles. The second-order valence-electron chi connectivity index (χ2n) is 3.64. The maximum absolute atomic E-state index is 13.1. The molecular weight excluding hydrogens is 263 g/mol. The van der Waals surface area contributed by atoms with Crippen LogP contribution < -0.4 is 11.1 Å². The molecule has 94 valence electrons. The lowest BCUT2D eigenvalue weighted by Crippen LogP contribution is -2.35. The molecule has 3 N–H and O–H groups in total. The van der Waals surface area contributed by atoms with E-state index in [2.05, 4.69) is 5.32 Å². The Hall–Kier alpha value is -0.780. The van der Waals surface area contributed by atoms with E-state index in [4.69, 9.17) is 5.73 Å². The molecule has 1 aliphatic heterocycles. The molecule has 2 rings (SSSR count). The zero-order valence-electron chi connectivity index (χ0n) is 9.11. The summed E-state index contributed by atoms with van der Waals surface area (Å²) in [5.41, 5.74) is 6.11. The number of carbonyl (C=O) groups is 1. The second kappa shape index (κ2) is 6.23. The van der Waals surface area contributed by atoms with Crippen molar-refractivity contribution in [3.63, 3.8) is 0 Å². The van der Waals surface area contributed by atoms with Crippen molar-refractivity contribution in [3.8, 4) is 0 Å². The Labute approximate surface area is 110 Å². The Morgan fingerprint density at radius 2 is 2.35 bits per heavy atom. The van der Waals surface area contributed by atoms with Crippen molar-refractivity contribution in [1.82, 2.24) is 5.32 Å². The molecule has 0 saturated heterocycles. The van der Waals surface area contributed by atoms with Gasteiger partial charge in [0.2, 0.25) is 5.91 Å². The highest BCUT2D eigenvalue weighted by Crippen LogP contribution is 2.36. The van der Waals surface area contributed by atoms with Gasteiger partial charge in [0.25, 0.3) is 0 Å². The van der Waals surface area contributed by atoms with E-state index in [9.17, 15) is 9.18 Å². The van der Waals surface area contributed by atoms with Gasteiger partial charge in [-0.15, -0.1) is 24.2 Å². The smallest absolute Gasteiger partial charge is 0.234 e. The Balaban J connectivity index is 0.00000144. The molecule has 17 heavy (non-hydrogen) atoms. The van der Waals surface area contributed by atoms with Crippen LogP contribution >= 0.6 is 24.2 Å². The number of amides is 1. The topological polar surface area (TPSA) is 55.1 Å². The number of carbonyl (C=O) groups excluding carboxylic acids is 1. The predicted molar refractivity (Wildman–Crippen MR) is 68.9 cm³/mol. The van der Waals surface area contributed by atoms with E-state index in [0.29, 0.717) is 0 Å². The average molecular weight is 277 g/mol. The molecule has 0 saturated carbocycles. The highest BCUT2D eigenvalue weighted by Gasteiger charge is 2.22. The third-order valence-corrected chi connectivity index (χ3v) is 3.65. The summed E-state index contributed by atoms with van der Waals surface area (Å²) < 4.78 is 13.1. The molecule has 0 fully saturated rings. The fraction of sp³-hybridized carbons (Fsp3) is 0.364. The van der Waals surface area contributed by atoms with Crippen molar-refractivity contribution in [3.05, 3.63) is 29.6 Å². The third kappa shape index (κ3) is 3.34. The van der Waals surface area contributed by atoms with Crippen LogP contribution in [0, 0.1) is 5.82 Å². The number of nitrogens with one attached hydrogen (secondary N) is 1. The second-order valence-corrected chi connectivity index (χ2v) is 4.78. The van der Waals surface area contributed by atoms with Gasteiger partial charge in [0.15, 0.2) is 0 Å². The van der Waals surface area contributed by atoms with Gasteiger partial charge in [-0.1, -0.05) is 0 Å². The summed E-state index contributed by atoms with van der Waals surface area (Å²) in [5.74, 6) is 0.453. The zero-order chi connectivity index (χ0) is 11.5. The fourth-order valence-electron chi connectivity index (χ4n) is 1.77. The van der Waals surface area contributed by atoms with Gasteiger partial charge in [-0.05, 0) is 30.2 Å². The Kier molecular flexibility index (Phi) is 5.24. The summed E-state index contributed by atoms with van der Waals surface area (Å²) in [6, 6.07) is 4.58. The predicted octanol–water partition coefficient (Wildman–Crippen LogP) is 1.86. The monoisotopic (exact) mass is 276 g/mol. The molecular formula is C11H14ClFN2OS. The van der Waals surface area contributed by atoms with Gasteiger partial charge in [0.05, 0.1) is 12.6 Å². The first kappa shape index (κ1) is 14.3. The van der Waals surface area contributed by atoms with Crippen LogP contribution in [0.2, 0.25) is 0 Å². The highest BCUT2D eigenvalue weighted by atomic mass is 35.5. The van der Waals surface area contributed by atoms with Crippen LogP contribution in [0.15, 0.2) is 23.1 Å². The number of hydrogen-bond acceptors (Lipinski definition) is 3. The molecule has 6 heteroatoms. The lowest BCUT2D eigenvalue weighted by atomic mass is 10.0. The van der Waals surface area contributed by atoms with Crippen LogP contribution in [-0.4, -0.2) is 18.2 Å². The first-order valence-electron chi connectivity index (χ1n) is 5.12. The first-order valence-corrected chi connectivity index (χ1v) is 6.11. The van der Waals surface area contributed by atoms with Crippen molar-refractivity contribution >= 4 is 30.1 Å². The molecule has 1 aliphatic rings. The van der Waals surface area contributed by atoms with Gasteiger partial charge in [-0.25, -0.2) is 4.39 Å². The van der Waals surface area contributed by atoms with E-state index >= 15 is 0 Å². The molecule has 1 heterocycles. The number of hydrogen-bond donors (Lipinski definition) is 2. The summed E-state index contributed by atoms with van der Waals surface area (Å²) in [4.78, 5) is 12.3. The molecule has 3 nitrogen and oxygen atoms in total. The number of rotatable bonds is 2. The molecule has 1 amide bonds. The van der Waals surface area contributed by atoms with Crippen LogP contribution in [0.1, 0.15) is 18.0 Å². The number of benzene rings is 1. The molecule has 0 bridgehead atoms. The SMILES string of the molecule is Cl.NCC(=O)NC1CCSc2ccc(F)cc21. The lowest BCUT2D eigenvalue weighted by Gasteiger charge is -2.25. The lowest BCUT2D eigenvalue weighted by molar-refractivity contribution is -0.120.